The third kappa shape index (κ3) is 7.60. The van der Waals surface area contributed by atoms with Crippen LogP contribution in [-0.2, 0) is 14.8 Å². The summed E-state index contributed by atoms with van der Waals surface area (Å²) >= 11 is 7.03. The van der Waals surface area contributed by atoms with E-state index in [-0.39, 0.29) is 28.2 Å². The molecule has 9 nitrogen and oxygen atoms in total. The summed E-state index contributed by atoms with van der Waals surface area (Å²) in [5.74, 6) is 0.134. The van der Waals surface area contributed by atoms with Gasteiger partial charge in [-0.05, 0) is 55.0 Å². The predicted molar refractivity (Wildman–Crippen MR) is 173 cm³/mol. The number of rotatable bonds is 10. The van der Waals surface area contributed by atoms with Crippen molar-refractivity contribution in [3.05, 3.63) is 113 Å². The second-order valence-corrected chi connectivity index (χ2v) is 12.8. The van der Waals surface area contributed by atoms with E-state index < -0.39 is 10.0 Å². The Hall–Kier alpha value is -4.76. The highest BCUT2D eigenvalue weighted by Gasteiger charge is 2.18. The largest absolute Gasteiger partial charge is 0.326 e. The van der Waals surface area contributed by atoms with Crippen LogP contribution in [0, 0.1) is 18.3 Å². The maximum absolute atomic E-state index is 12.7. The Morgan fingerprint density at radius 1 is 0.932 bits per heavy atom. The maximum Gasteiger partial charge on any atom is 0.263 e. The van der Waals surface area contributed by atoms with Gasteiger partial charge in [-0.1, -0.05) is 71.8 Å². The third-order valence-corrected chi connectivity index (χ3v) is 8.97. The summed E-state index contributed by atoms with van der Waals surface area (Å²) in [6, 6.07) is 30.5. The number of anilines is 2. The lowest BCUT2D eigenvalue weighted by atomic mass is 9.98. The van der Waals surface area contributed by atoms with Gasteiger partial charge in [-0.15, -0.1) is 22.0 Å². The van der Waals surface area contributed by atoms with Gasteiger partial charge in [-0.25, -0.2) is 13.4 Å². The Morgan fingerprint density at radius 2 is 1.66 bits per heavy atom. The van der Waals surface area contributed by atoms with E-state index in [2.05, 4.69) is 26.3 Å². The van der Waals surface area contributed by atoms with Crippen molar-refractivity contribution in [3.63, 3.8) is 0 Å². The van der Waals surface area contributed by atoms with Crippen molar-refractivity contribution in [2.75, 3.05) is 15.8 Å². The first-order chi connectivity index (χ1) is 21.2. The molecule has 2 N–H and O–H groups in total. The highest BCUT2D eigenvalue weighted by molar-refractivity contribution is 7.99. The lowest BCUT2D eigenvalue weighted by molar-refractivity contribution is -0.115. The van der Waals surface area contributed by atoms with Crippen molar-refractivity contribution in [2.45, 2.75) is 23.3 Å². The third-order valence-electron chi connectivity index (χ3n) is 6.42. The molecule has 0 saturated heterocycles. The van der Waals surface area contributed by atoms with Crippen LogP contribution in [0.3, 0.4) is 0 Å². The molecule has 2 heterocycles. The van der Waals surface area contributed by atoms with Gasteiger partial charge in [0.1, 0.15) is 11.1 Å². The zero-order valence-electron chi connectivity index (χ0n) is 23.4. The molecule has 0 aliphatic rings. The summed E-state index contributed by atoms with van der Waals surface area (Å²) < 4.78 is 27.6. The minimum absolute atomic E-state index is 0.0133. The number of nitrogens with zero attached hydrogens (tertiary/aromatic N) is 4. The molecule has 12 heteroatoms. The predicted octanol–water partition coefficient (Wildman–Crippen LogP) is 6.96. The second-order valence-electron chi connectivity index (χ2n) is 9.60. The molecule has 0 fully saturated rings. The van der Waals surface area contributed by atoms with E-state index in [1.807, 2.05) is 67.6 Å². The lowest BCUT2D eigenvalue weighted by Crippen LogP contribution is -2.15. The first-order valence-electron chi connectivity index (χ1n) is 13.3. The Balaban J connectivity index is 1.27. The normalized spacial score (nSPS) is 11.0. The minimum Gasteiger partial charge on any atom is -0.326 e. The van der Waals surface area contributed by atoms with E-state index >= 15 is 0 Å². The van der Waals surface area contributed by atoms with E-state index in [9.17, 15) is 18.5 Å². The summed E-state index contributed by atoms with van der Waals surface area (Å²) in [7, 11) is -3.92. The maximum atomic E-state index is 12.7. The van der Waals surface area contributed by atoms with Crippen molar-refractivity contribution >= 4 is 50.8 Å². The van der Waals surface area contributed by atoms with Crippen LogP contribution in [0.15, 0.2) is 107 Å². The van der Waals surface area contributed by atoms with Gasteiger partial charge < -0.3 is 5.32 Å². The number of halogens is 1. The summed E-state index contributed by atoms with van der Waals surface area (Å²) in [5.41, 5.74) is 5.36. The molecular formula is C32H25ClN6O3S2. The highest BCUT2D eigenvalue weighted by atomic mass is 35.5. The Kier molecular flexibility index (Phi) is 9.55. The molecule has 44 heavy (non-hydrogen) atoms. The number of nitriles is 1. The summed E-state index contributed by atoms with van der Waals surface area (Å²) in [6.07, 6.45) is 0.142. The molecule has 5 rings (SSSR count). The number of aryl methyl sites for hydroxylation is 1. The van der Waals surface area contributed by atoms with Crippen molar-refractivity contribution in [3.8, 4) is 28.5 Å². The number of hydrogen-bond acceptors (Lipinski definition) is 8. The van der Waals surface area contributed by atoms with E-state index in [0.29, 0.717) is 22.0 Å². The van der Waals surface area contributed by atoms with Crippen LogP contribution in [0.1, 0.15) is 17.5 Å². The number of thioether (sulfide) groups is 1. The van der Waals surface area contributed by atoms with Gasteiger partial charge in [-0.3, -0.25) is 9.52 Å². The van der Waals surface area contributed by atoms with Gasteiger partial charge >= 0.3 is 0 Å². The molecule has 3 aromatic carbocycles. The van der Waals surface area contributed by atoms with Crippen LogP contribution >= 0.6 is 23.4 Å². The van der Waals surface area contributed by atoms with Crippen molar-refractivity contribution in [1.82, 2.24) is 15.2 Å². The van der Waals surface area contributed by atoms with Crippen molar-refractivity contribution in [2.24, 2.45) is 0 Å². The second kappa shape index (κ2) is 13.7. The van der Waals surface area contributed by atoms with Gasteiger partial charge in [0.05, 0.1) is 16.2 Å². The molecule has 1 amide bonds. The average Bonchev–Trinajstić information content (AvgIpc) is 3.03. The molecule has 0 unspecified atom stereocenters. The van der Waals surface area contributed by atoms with Crippen LogP contribution in [-0.4, -0.2) is 35.3 Å². The number of sulfonamides is 1. The Morgan fingerprint density at radius 3 is 2.32 bits per heavy atom. The topological polar surface area (TPSA) is 138 Å². The fourth-order valence-electron chi connectivity index (χ4n) is 4.20. The first kappa shape index (κ1) is 30.7. The number of benzene rings is 3. The molecule has 0 bridgehead atoms. The smallest absolute Gasteiger partial charge is 0.263 e. The van der Waals surface area contributed by atoms with Crippen LogP contribution < -0.4 is 10.0 Å². The van der Waals surface area contributed by atoms with Crippen LogP contribution in [0.4, 0.5) is 11.5 Å². The SMILES string of the molecule is Cc1ccc(-c2cc(-c3ccccc3)nc(SCCC(=O)Nc3ccc(S(=O)(=O)Nc4ccc(Cl)nn4)cc3)c2C#N)cc1. The zero-order valence-corrected chi connectivity index (χ0v) is 25.7. The standard InChI is InChI=1S/C32H25ClN6O3S2/c1-21-7-9-22(10-8-21)26-19-28(23-5-3-2-4-6-23)36-32(27(26)20-34)43-18-17-31(40)35-24-11-13-25(14-12-24)44(41,42)39-30-16-15-29(33)37-38-30/h2-16,19H,17-18H2,1H3,(H,35,40)(H,38,39). The number of carbonyl (C=O) groups is 1. The monoisotopic (exact) mass is 640 g/mol. The number of hydrogen-bond donors (Lipinski definition) is 2. The molecule has 0 spiro atoms. The summed E-state index contributed by atoms with van der Waals surface area (Å²) in [5, 5.41) is 20.9. The van der Waals surface area contributed by atoms with Gasteiger partial charge in [0.25, 0.3) is 10.0 Å². The highest BCUT2D eigenvalue weighted by Crippen LogP contribution is 2.34. The molecule has 0 radical (unpaired) electrons. The molecule has 0 saturated carbocycles. The fourth-order valence-corrected chi connectivity index (χ4v) is 6.24. The van der Waals surface area contributed by atoms with E-state index in [1.54, 1.807) is 0 Å². The minimum atomic E-state index is -3.92. The zero-order chi connectivity index (χ0) is 31.1. The summed E-state index contributed by atoms with van der Waals surface area (Å²) in [6.45, 7) is 2.01. The van der Waals surface area contributed by atoms with E-state index in [1.165, 1.54) is 48.2 Å². The van der Waals surface area contributed by atoms with Gasteiger partial charge in [0.15, 0.2) is 11.0 Å². The number of nitrogens with one attached hydrogen (secondary N) is 2. The molecule has 220 valence electrons. The van der Waals surface area contributed by atoms with Gasteiger partial charge in [-0.2, -0.15) is 5.26 Å². The van der Waals surface area contributed by atoms with Crippen LogP contribution in [0.2, 0.25) is 5.15 Å². The van der Waals surface area contributed by atoms with Crippen molar-refractivity contribution < 1.29 is 13.2 Å². The number of amides is 1. The molecule has 5 aromatic rings. The number of carbonyl (C=O) groups excluding carboxylic acids is 1. The molecule has 2 aromatic heterocycles. The molecular weight excluding hydrogens is 616 g/mol. The number of pyridine rings is 1. The average molecular weight is 641 g/mol. The lowest BCUT2D eigenvalue weighted by Gasteiger charge is -2.13. The van der Waals surface area contributed by atoms with Crippen LogP contribution in [0.25, 0.3) is 22.4 Å². The molecule has 0 aliphatic carbocycles. The van der Waals surface area contributed by atoms with Gasteiger partial charge in [0.2, 0.25) is 5.91 Å². The van der Waals surface area contributed by atoms with Gasteiger partial charge in [0, 0.05) is 29.0 Å². The Labute approximate surface area is 264 Å². The van der Waals surface area contributed by atoms with E-state index in [4.69, 9.17) is 16.6 Å². The Bertz CT molecular complexity index is 1930. The summed E-state index contributed by atoms with van der Waals surface area (Å²) in [4.78, 5) is 17.5. The van der Waals surface area contributed by atoms with E-state index in [0.717, 1.165) is 27.9 Å². The molecule has 0 atom stereocenters. The fraction of sp³-hybridized carbons (Fsp3) is 0.0938. The molecule has 0 aliphatic heterocycles. The number of aromatic nitrogens is 3. The quantitative estimate of drug-likeness (QED) is 0.156. The van der Waals surface area contributed by atoms with Crippen molar-refractivity contribution in [1.29, 1.82) is 5.26 Å². The first-order valence-corrected chi connectivity index (χ1v) is 16.2. The van der Waals surface area contributed by atoms with Crippen LogP contribution in [0.5, 0.6) is 0 Å².